The molecular formula is C22H24ClN3O3. The van der Waals surface area contributed by atoms with Gasteiger partial charge in [-0.1, -0.05) is 38.4 Å². The molecule has 0 aliphatic carbocycles. The minimum atomic E-state index is -1.06. The van der Waals surface area contributed by atoms with Crippen LogP contribution in [0.1, 0.15) is 44.2 Å². The van der Waals surface area contributed by atoms with Crippen LogP contribution in [0.2, 0.25) is 5.02 Å². The lowest BCUT2D eigenvalue weighted by molar-refractivity contribution is -0.139. The van der Waals surface area contributed by atoms with Crippen LogP contribution in [0, 0.1) is 5.41 Å². The zero-order valence-corrected chi connectivity index (χ0v) is 17.3. The largest absolute Gasteiger partial charge is 0.480 e. The van der Waals surface area contributed by atoms with Gasteiger partial charge in [0.1, 0.15) is 11.5 Å². The number of carbonyl (C=O) groups excluding carboxylic acids is 1. The number of amides is 1. The van der Waals surface area contributed by atoms with E-state index in [0.29, 0.717) is 17.1 Å². The van der Waals surface area contributed by atoms with E-state index >= 15 is 0 Å². The van der Waals surface area contributed by atoms with Crippen molar-refractivity contribution < 1.29 is 14.7 Å². The van der Waals surface area contributed by atoms with Gasteiger partial charge in [0.25, 0.3) is 0 Å². The summed E-state index contributed by atoms with van der Waals surface area (Å²) in [7, 11) is 0. The Morgan fingerprint density at radius 3 is 2.55 bits per heavy atom. The third kappa shape index (κ3) is 3.11. The molecule has 1 fully saturated rings. The molecule has 2 aliphatic heterocycles. The van der Waals surface area contributed by atoms with Crippen molar-refractivity contribution in [3.63, 3.8) is 0 Å². The molecule has 29 heavy (non-hydrogen) atoms. The molecule has 0 bridgehead atoms. The van der Waals surface area contributed by atoms with Gasteiger partial charge in [0.2, 0.25) is 5.91 Å². The molecule has 1 spiro atoms. The topological polar surface area (TPSA) is 91.3 Å². The van der Waals surface area contributed by atoms with E-state index < -0.39 is 23.3 Å². The lowest BCUT2D eigenvalue weighted by atomic mass is 9.62. The lowest BCUT2D eigenvalue weighted by Gasteiger charge is -2.37. The van der Waals surface area contributed by atoms with Crippen molar-refractivity contribution in [1.82, 2.24) is 10.3 Å². The summed E-state index contributed by atoms with van der Waals surface area (Å²) < 4.78 is 0. The summed E-state index contributed by atoms with van der Waals surface area (Å²) >= 11 is 6.17. The molecule has 3 N–H and O–H groups in total. The fourth-order valence-corrected chi connectivity index (χ4v) is 5.15. The minimum Gasteiger partial charge on any atom is -0.480 e. The molecule has 6 nitrogen and oxygen atoms in total. The molecular weight excluding hydrogens is 390 g/mol. The molecule has 1 aromatic carbocycles. The van der Waals surface area contributed by atoms with Crippen molar-refractivity contribution in [3.05, 3.63) is 58.9 Å². The number of aromatic nitrogens is 1. The maximum atomic E-state index is 13.6. The van der Waals surface area contributed by atoms with Crippen LogP contribution in [0.5, 0.6) is 0 Å². The average molecular weight is 414 g/mol. The second-order valence-electron chi connectivity index (χ2n) is 9.07. The predicted molar refractivity (Wildman–Crippen MR) is 111 cm³/mol. The van der Waals surface area contributed by atoms with Gasteiger partial charge in [0, 0.05) is 35.1 Å². The summed E-state index contributed by atoms with van der Waals surface area (Å²) in [5.74, 6) is -1.75. The normalized spacial score (nSPS) is 28.4. The van der Waals surface area contributed by atoms with Crippen LogP contribution in [0.4, 0.5) is 5.69 Å². The van der Waals surface area contributed by atoms with Crippen LogP contribution in [-0.4, -0.2) is 34.1 Å². The highest BCUT2D eigenvalue weighted by Crippen LogP contribution is 2.56. The van der Waals surface area contributed by atoms with Gasteiger partial charge in [-0.15, -0.1) is 0 Å². The Labute approximate surface area is 174 Å². The van der Waals surface area contributed by atoms with Gasteiger partial charge < -0.3 is 10.4 Å². The van der Waals surface area contributed by atoms with E-state index in [2.05, 4.69) is 36.4 Å². The number of rotatable bonds is 3. The summed E-state index contributed by atoms with van der Waals surface area (Å²) in [6.45, 7) is 6.27. The molecule has 0 saturated carbocycles. The first-order valence-electron chi connectivity index (χ1n) is 9.65. The van der Waals surface area contributed by atoms with E-state index in [9.17, 15) is 14.7 Å². The minimum absolute atomic E-state index is 0.115. The molecule has 152 valence electrons. The molecule has 1 aromatic heterocycles. The van der Waals surface area contributed by atoms with E-state index in [1.165, 1.54) is 0 Å². The van der Waals surface area contributed by atoms with Gasteiger partial charge in [-0.05, 0) is 47.2 Å². The summed E-state index contributed by atoms with van der Waals surface area (Å²) in [5, 5.41) is 16.8. The number of nitrogens with zero attached hydrogens (tertiary/aromatic N) is 1. The Balaban J connectivity index is 1.99. The van der Waals surface area contributed by atoms with Gasteiger partial charge in [0.05, 0.1) is 0 Å². The van der Waals surface area contributed by atoms with Gasteiger partial charge in [-0.3, -0.25) is 19.9 Å². The van der Waals surface area contributed by atoms with Crippen LogP contribution in [0.3, 0.4) is 0 Å². The van der Waals surface area contributed by atoms with Crippen LogP contribution >= 0.6 is 11.6 Å². The van der Waals surface area contributed by atoms with Crippen LogP contribution < -0.4 is 10.6 Å². The molecule has 1 amide bonds. The third-order valence-electron chi connectivity index (χ3n) is 5.95. The van der Waals surface area contributed by atoms with Crippen molar-refractivity contribution in [2.24, 2.45) is 5.41 Å². The number of hydrogen-bond acceptors (Lipinski definition) is 4. The fraction of sp³-hybridized carbons (Fsp3) is 0.409. The van der Waals surface area contributed by atoms with E-state index in [1.54, 1.807) is 36.7 Å². The number of aliphatic carboxylic acids is 1. The van der Waals surface area contributed by atoms with Crippen LogP contribution in [0.15, 0.2) is 42.7 Å². The summed E-state index contributed by atoms with van der Waals surface area (Å²) in [6.07, 6.45) is 3.90. The number of hydrogen-bond donors (Lipinski definition) is 3. The molecule has 1 saturated heterocycles. The number of carbonyl (C=O) groups is 2. The molecule has 0 radical (unpaired) electrons. The summed E-state index contributed by atoms with van der Waals surface area (Å²) in [5.41, 5.74) is 1.04. The van der Waals surface area contributed by atoms with Crippen molar-refractivity contribution in [3.8, 4) is 0 Å². The first kappa shape index (κ1) is 19.9. The number of halogens is 1. The number of carboxylic acids is 1. The summed E-state index contributed by atoms with van der Waals surface area (Å²) in [4.78, 5) is 30.0. The standard InChI is InChI=1S/C22H24ClN3O3/c1-21(2,3)11-16-22(14-5-4-13(23)10-15(14)25-20(22)29)17(18(26-16)19(27)28)12-6-8-24-9-7-12/h4-10,16-18,26H,11H2,1-3H3,(H,25,29)(H,27,28). The molecule has 2 aliphatic rings. The molecule has 7 heteroatoms. The average Bonchev–Trinajstić information content (AvgIpc) is 3.11. The highest BCUT2D eigenvalue weighted by molar-refractivity contribution is 6.31. The molecule has 2 aromatic rings. The van der Waals surface area contributed by atoms with Gasteiger partial charge in [-0.25, -0.2) is 0 Å². The zero-order valence-electron chi connectivity index (χ0n) is 16.6. The van der Waals surface area contributed by atoms with Crippen LogP contribution in [-0.2, 0) is 15.0 Å². The van der Waals surface area contributed by atoms with Crippen molar-refractivity contribution >= 4 is 29.2 Å². The van der Waals surface area contributed by atoms with Crippen LogP contribution in [0.25, 0.3) is 0 Å². The highest BCUT2D eigenvalue weighted by atomic mass is 35.5. The predicted octanol–water partition coefficient (Wildman–Crippen LogP) is 3.57. The van der Waals surface area contributed by atoms with E-state index in [0.717, 1.165) is 11.1 Å². The number of pyridine rings is 1. The Bertz CT molecular complexity index is 973. The van der Waals surface area contributed by atoms with Gasteiger partial charge >= 0.3 is 5.97 Å². The highest BCUT2D eigenvalue weighted by Gasteiger charge is 2.65. The second-order valence-corrected chi connectivity index (χ2v) is 9.51. The molecule has 4 rings (SSSR count). The van der Waals surface area contributed by atoms with E-state index in [-0.39, 0.29) is 17.4 Å². The van der Waals surface area contributed by atoms with E-state index in [1.807, 2.05) is 6.07 Å². The second kappa shape index (κ2) is 6.82. The molecule has 4 unspecified atom stereocenters. The maximum Gasteiger partial charge on any atom is 0.321 e. The van der Waals surface area contributed by atoms with Crippen molar-refractivity contribution in [2.75, 3.05) is 5.32 Å². The smallest absolute Gasteiger partial charge is 0.321 e. The van der Waals surface area contributed by atoms with Crippen molar-refractivity contribution in [1.29, 1.82) is 0 Å². The number of anilines is 1. The Kier molecular flexibility index (Phi) is 4.67. The SMILES string of the molecule is CC(C)(C)CC1NC(C(=O)O)C(c2ccncc2)C12C(=O)Nc1cc(Cl)ccc12. The third-order valence-corrected chi connectivity index (χ3v) is 6.19. The van der Waals surface area contributed by atoms with Crippen molar-refractivity contribution in [2.45, 2.75) is 50.6 Å². The fourth-order valence-electron chi connectivity index (χ4n) is 4.98. The number of fused-ring (bicyclic) bond motifs is 2. The zero-order chi connectivity index (χ0) is 21.0. The Morgan fingerprint density at radius 2 is 1.93 bits per heavy atom. The van der Waals surface area contributed by atoms with Gasteiger partial charge in [0.15, 0.2) is 0 Å². The number of benzene rings is 1. The first-order chi connectivity index (χ1) is 13.6. The maximum absolute atomic E-state index is 13.6. The quantitative estimate of drug-likeness (QED) is 0.715. The van der Waals surface area contributed by atoms with Gasteiger partial charge in [-0.2, -0.15) is 0 Å². The van der Waals surface area contributed by atoms with E-state index in [4.69, 9.17) is 11.6 Å². The first-order valence-corrected chi connectivity index (χ1v) is 10.0. The Hall–Kier alpha value is -2.44. The number of nitrogens with one attached hydrogen (secondary N) is 2. The Morgan fingerprint density at radius 1 is 1.24 bits per heavy atom. The summed E-state index contributed by atoms with van der Waals surface area (Å²) in [6, 6.07) is 7.67. The lowest BCUT2D eigenvalue weighted by Crippen LogP contribution is -2.49. The monoisotopic (exact) mass is 413 g/mol. The molecule has 3 heterocycles. The number of carboxylic acid groups (broad SMARTS) is 1. The molecule has 4 atom stereocenters.